The van der Waals surface area contributed by atoms with Crippen molar-refractivity contribution in [2.75, 3.05) is 7.11 Å². The average molecular weight is 235 g/mol. The summed E-state index contributed by atoms with van der Waals surface area (Å²) >= 11 is 0. The van der Waals surface area contributed by atoms with E-state index in [1.807, 2.05) is 0 Å². The summed E-state index contributed by atoms with van der Waals surface area (Å²) in [6.07, 6.45) is 5.68. The number of nitrogens with zero attached hydrogens (tertiary/aromatic N) is 3. The minimum Gasteiger partial charge on any atom is -0.469 e. The Morgan fingerprint density at radius 3 is 2.53 bits per heavy atom. The third-order valence-electron chi connectivity index (χ3n) is 4.91. The molecule has 0 aliphatic heterocycles. The molecular formula is C12H17N3O2. The van der Waals surface area contributed by atoms with Gasteiger partial charge >= 0.3 is 5.97 Å². The van der Waals surface area contributed by atoms with Gasteiger partial charge in [0, 0.05) is 4.91 Å². The molecule has 0 aromatic rings. The summed E-state index contributed by atoms with van der Waals surface area (Å²) in [7, 11) is 1.46. The van der Waals surface area contributed by atoms with Crippen molar-refractivity contribution in [3.05, 3.63) is 10.4 Å². The Hall–Kier alpha value is -1.22. The van der Waals surface area contributed by atoms with Crippen molar-refractivity contribution in [1.82, 2.24) is 0 Å². The van der Waals surface area contributed by atoms with Crippen molar-refractivity contribution in [3.63, 3.8) is 0 Å². The lowest BCUT2D eigenvalue weighted by Gasteiger charge is -2.59. The third kappa shape index (κ3) is 1.45. The van der Waals surface area contributed by atoms with Crippen LogP contribution in [0, 0.1) is 17.3 Å². The number of hydrogen-bond donors (Lipinski definition) is 0. The molecule has 92 valence electrons. The summed E-state index contributed by atoms with van der Waals surface area (Å²) < 4.78 is 4.98. The van der Waals surface area contributed by atoms with Crippen LogP contribution in [0.2, 0.25) is 0 Å². The number of esters is 1. The molecule has 4 aliphatic rings. The van der Waals surface area contributed by atoms with Crippen molar-refractivity contribution in [1.29, 1.82) is 0 Å². The van der Waals surface area contributed by atoms with Crippen LogP contribution in [0.15, 0.2) is 5.11 Å². The highest BCUT2D eigenvalue weighted by atomic mass is 16.5. The molecule has 0 N–H and O–H groups in total. The fraction of sp³-hybridized carbons (Fsp3) is 0.917. The van der Waals surface area contributed by atoms with Crippen LogP contribution in [0.5, 0.6) is 0 Å². The highest BCUT2D eigenvalue weighted by molar-refractivity contribution is 5.77. The SMILES string of the molecule is COC(=O)C12CC3CC(CC(N=[N+]=[N-])(C3)C1)C2. The molecule has 0 spiro atoms. The molecule has 4 rings (SSSR count). The molecule has 2 atom stereocenters. The molecule has 5 heteroatoms. The lowest BCUT2D eigenvalue weighted by atomic mass is 9.47. The quantitative estimate of drug-likeness (QED) is 0.319. The summed E-state index contributed by atoms with van der Waals surface area (Å²) in [5.74, 6) is 0.991. The molecule has 4 fully saturated rings. The molecular weight excluding hydrogens is 218 g/mol. The van der Waals surface area contributed by atoms with E-state index >= 15 is 0 Å². The smallest absolute Gasteiger partial charge is 0.311 e. The van der Waals surface area contributed by atoms with Gasteiger partial charge in [0.25, 0.3) is 0 Å². The Labute approximate surface area is 100 Å². The lowest BCUT2D eigenvalue weighted by Crippen LogP contribution is -2.57. The Kier molecular flexibility index (Phi) is 2.17. The van der Waals surface area contributed by atoms with E-state index in [0.717, 1.165) is 25.7 Å². The van der Waals surface area contributed by atoms with Gasteiger partial charge in [-0.2, -0.15) is 0 Å². The van der Waals surface area contributed by atoms with Crippen molar-refractivity contribution in [3.8, 4) is 0 Å². The lowest BCUT2D eigenvalue weighted by molar-refractivity contribution is -0.170. The van der Waals surface area contributed by atoms with Crippen molar-refractivity contribution < 1.29 is 9.53 Å². The van der Waals surface area contributed by atoms with Crippen LogP contribution in [0.4, 0.5) is 0 Å². The Morgan fingerprint density at radius 2 is 2.00 bits per heavy atom. The molecule has 0 aromatic heterocycles. The van der Waals surface area contributed by atoms with Gasteiger partial charge in [-0.05, 0) is 55.9 Å². The van der Waals surface area contributed by atoms with Gasteiger partial charge in [0.15, 0.2) is 0 Å². The number of azide groups is 1. The van der Waals surface area contributed by atoms with Gasteiger partial charge in [0.1, 0.15) is 0 Å². The van der Waals surface area contributed by atoms with E-state index in [2.05, 4.69) is 10.0 Å². The summed E-state index contributed by atoms with van der Waals surface area (Å²) in [4.78, 5) is 15.1. The normalized spacial score (nSPS) is 46.4. The zero-order valence-corrected chi connectivity index (χ0v) is 10.1. The first-order valence-electron chi connectivity index (χ1n) is 6.26. The van der Waals surface area contributed by atoms with Crippen LogP contribution in [0.1, 0.15) is 38.5 Å². The minimum atomic E-state index is -0.354. The van der Waals surface area contributed by atoms with E-state index in [4.69, 9.17) is 10.3 Å². The van der Waals surface area contributed by atoms with E-state index in [1.165, 1.54) is 13.5 Å². The van der Waals surface area contributed by atoms with Crippen LogP contribution < -0.4 is 0 Å². The minimum absolute atomic E-state index is 0.0934. The number of hydrogen-bond acceptors (Lipinski definition) is 3. The second kappa shape index (κ2) is 3.39. The van der Waals surface area contributed by atoms with Crippen LogP contribution in [-0.2, 0) is 9.53 Å². The van der Waals surface area contributed by atoms with Crippen LogP contribution >= 0.6 is 0 Å². The fourth-order valence-corrected chi connectivity index (χ4v) is 4.88. The van der Waals surface area contributed by atoms with E-state index < -0.39 is 0 Å². The van der Waals surface area contributed by atoms with Crippen LogP contribution in [0.3, 0.4) is 0 Å². The maximum absolute atomic E-state index is 12.1. The summed E-state index contributed by atoms with van der Waals surface area (Å²) in [6, 6.07) is 0. The van der Waals surface area contributed by atoms with Crippen LogP contribution in [0.25, 0.3) is 10.4 Å². The van der Waals surface area contributed by atoms with Crippen molar-refractivity contribution >= 4 is 5.97 Å². The van der Waals surface area contributed by atoms with Gasteiger partial charge in [0.2, 0.25) is 0 Å². The van der Waals surface area contributed by atoms with Crippen molar-refractivity contribution in [2.45, 2.75) is 44.1 Å². The number of methoxy groups -OCH3 is 1. The van der Waals surface area contributed by atoms with E-state index in [1.54, 1.807) is 0 Å². The Morgan fingerprint density at radius 1 is 1.35 bits per heavy atom. The van der Waals surface area contributed by atoms with Gasteiger partial charge in [0.05, 0.1) is 18.1 Å². The Balaban J connectivity index is 1.99. The monoisotopic (exact) mass is 235 g/mol. The van der Waals surface area contributed by atoms with Gasteiger partial charge in [-0.15, -0.1) is 0 Å². The van der Waals surface area contributed by atoms with Crippen LogP contribution in [-0.4, -0.2) is 18.6 Å². The number of rotatable bonds is 2. The largest absolute Gasteiger partial charge is 0.469 e. The molecule has 4 saturated carbocycles. The molecule has 0 amide bonds. The summed E-state index contributed by atoms with van der Waals surface area (Å²) in [5, 5.41) is 4.05. The number of ether oxygens (including phenoxy) is 1. The first-order chi connectivity index (χ1) is 8.11. The second-order valence-corrected chi connectivity index (χ2v) is 6.15. The molecule has 0 radical (unpaired) electrons. The predicted molar refractivity (Wildman–Crippen MR) is 61.0 cm³/mol. The molecule has 5 nitrogen and oxygen atoms in total. The van der Waals surface area contributed by atoms with Crippen molar-refractivity contribution in [2.24, 2.45) is 22.4 Å². The highest BCUT2D eigenvalue weighted by Crippen LogP contribution is 2.63. The zero-order valence-electron chi connectivity index (χ0n) is 10.1. The Bertz CT molecular complexity index is 400. The molecule has 4 bridgehead atoms. The summed E-state index contributed by atoms with van der Waals surface area (Å²) in [6.45, 7) is 0. The standard InChI is InChI=1S/C12H17N3O2/c1-17-10(16)11-3-8-2-9(4-11)6-12(5-8,7-11)14-15-13/h8-9H,2-7H2,1H3. The second-order valence-electron chi connectivity index (χ2n) is 6.15. The number of carbonyl (C=O) groups excluding carboxylic acids is 1. The molecule has 4 aliphatic carbocycles. The molecule has 0 heterocycles. The predicted octanol–water partition coefficient (Wildman–Crippen LogP) is 2.81. The molecule has 0 saturated heterocycles. The molecule has 2 unspecified atom stereocenters. The maximum Gasteiger partial charge on any atom is 0.311 e. The zero-order chi connectivity index (χ0) is 12.1. The van der Waals surface area contributed by atoms with Gasteiger partial charge in [-0.3, -0.25) is 4.79 Å². The maximum atomic E-state index is 12.1. The van der Waals surface area contributed by atoms with E-state index in [0.29, 0.717) is 18.3 Å². The first-order valence-corrected chi connectivity index (χ1v) is 6.26. The van der Waals surface area contributed by atoms with Gasteiger partial charge < -0.3 is 4.74 Å². The summed E-state index contributed by atoms with van der Waals surface area (Å²) in [5.41, 5.74) is 8.10. The fourth-order valence-electron chi connectivity index (χ4n) is 4.88. The van der Waals surface area contributed by atoms with E-state index in [-0.39, 0.29) is 16.9 Å². The molecule has 17 heavy (non-hydrogen) atoms. The van der Waals surface area contributed by atoms with Gasteiger partial charge in [-0.1, -0.05) is 5.11 Å². The topological polar surface area (TPSA) is 75.1 Å². The van der Waals surface area contributed by atoms with Gasteiger partial charge in [-0.25, -0.2) is 0 Å². The first kappa shape index (κ1) is 10.9. The highest BCUT2D eigenvalue weighted by Gasteiger charge is 2.61. The number of carbonyl (C=O) groups is 1. The third-order valence-corrected chi connectivity index (χ3v) is 4.91. The average Bonchev–Trinajstić information content (AvgIpc) is 2.25. The molecule has 0 aromatic carbocycles. The van der Waals surface area contributed by atoms with E-state index in [9.17, 15) is 4.79 Å².